The van der Waals surface area contributed by atoms with E-state index < -0.39 is 12.0 Å². The lowest BCUT2D eigenvalue weighted by Gasteiger charge is -2.13. The lowest BCUT2D eigenvalue weighted by atomic mass is 10.1. The van der Waals surface area contributed by atoms with Crippen molar-refractivity contribution >= 4 is 23.2 Å². The van der Waals surface area contributed by atoms with Gasteiger partial charge >= 0.3 is 5.97 Å². The van der Waals surface area contributed by atoms with Gasteiger partial charge in [0.25, 0.3) is 5.91 Å². The van der Waals surface area contributed by atoms with Crippen molar-refractivity contribution in [2.24, 2.45) is 0 Å². The Hall–Kier alpha value is -1.40. The summed E-state index contributed by atoms with van der Waals surface area (Å²) in [5, 5.41) is 11.6. The smallest absolute Gasteiger partial charge is 0.326 e. The zero-order valence-corrected chi connectivity index (χ0v) is 12.2. The highest BCUT2D eigenvalue weighted by Crippen LogP contribution is 2.20. The number of thiophene rings is 1. The summed E-state index contributed by atoms with van der Waals surface area (Å²) in [6.45, 7) is 4.34. The first kappa shape index (κ1) is 15.7. The zero-order valence-electron chi connectivity index (χ0n) is 11.4. The van der Waals surface area contributed by atoms with E-state index in [9.17, 15) is 9.59 Å². The van der Waals surface area contributed by atoms with Gasteiger partial charge in [-0.25, -0.2) is 4.79 Å². The second-order valence-corrected chi connectivity index (χ2v) is 5.61. The largest absolute Gasteiger partial charge is 0.480 e. The maximum absolute atomic E-state index is 12.0. The van der Waals surface area contributed by atoms with Crippen LogP contribution in [-0.2, 0) is 9.53 Å². The summed E-state index contributed by atoms with van der Waals surface area (Å²) in [5.41, 5.74) is 1.04. The standard InChI is InChI=1S/C13H19NO4S/c1-8-7-11(19-9(8)2)12(15)14-10(13(16)17)5-4-6-18-3/h7,10H,4-6H2,1-3H3,(H,14,15)(H,16,17). The predicted molar refractivity (Wildman–Crippen MR) is 73.8 cm³/mol. The van der Waals surface area contributed by atoms with E-state index in [0.29, 0.717) is 24.3 Å². The number of aliphatic carboxylic acids is 1. The van der Waals surface area contributed by atoms with Crippen molar-refractivity contribution in [1.29, 1.82) is 0 Å². The van der Waals surface area contributed by atoms with Crippen LogP contribution in [0.25, 0.3) is 0 Å². The van der Waals surface area contributed by atoms with Gasteiger partial charge in [-0.3, -0.25) is 4.79 Å². The first-order valence-electron chi connectivity index (χ1n) is 6.05. The summed E-state index contributed by atoms with van der Waals surface area (Å²) in [6, 6.07) is 0.911. The number of ether oxygens (including phenoxy) is 1. The summed E-state index contributed by atoms with van der Waals surface area (Å²) in [7, 11) is 1.56. The van der Waals surface area contributed by atoms with E-state index in [1.165, 1.54) is 11.3 Å². The molecule has 1 unspecified atom stereocenters. The number of carbonyl (C=O) groups is 2. The molecule has 0 aliphatic carbocycles. The van der Waals surface area contributed by atoms with E-state index in [0.717, 1.165) is 10.4 Å². The molecule has 0 aliphatic heterocycles. The molecule has 106 valence electrons. The third-order valence-electron chi connectivity index (χ3n) is 2.83. The number of rotatable bonds is 7. The molecule has 0 radical (unpaired) electrons. The van der Waals surface area contributed by atoms with Gasteiger partial charge in [-0.15, -0.1) is 11.3 Å². The third kappa shape index (κ3) is 4.65. The minimum atomic E-state index is -1.02. The molecule has 2 N–H and O–H groups in total. The first-order valence-corrected chi connectivity index (χ1v) is 6.87. The Morgan fingerprint density at radius 3 is 2.63 bits per heavy atom. The summed E-state index contributed by atoms with van der Waals surface area (Å²) >= 11 is 1.37. The average Bonchev–Trinajstić information content (AvgIpc) is 2.68. The van der Waals surface area contributed by atoms with Crippen LogP contribution in [0, 0.1) is 13.8 Å². The molecule has 5 nitrogen and oxygen atoms in total. The summed E-state index contributed by atoms with van der Waals surface area (Å²) in [6.07, 6.45) is 0.953. The highest BCUT2D eigenvalue weighted by atomic mass is 32.1. The number of carboxylic acids is 1. The van der Waals surface area contributed by atoms with Crippen molar-refractivity contribution in [2.75, 3.05) is 13.7 Å². The van der Waals surface area contributed by atoms with Gasteiger partial charge in [0, 0.05) is 18.6 Å². The molecule has 1 aromatic heterocycles. The fraction of sp³-hybridized carbons (Fsp3) is 0.538. The van der Waals surface area contributed by atoms with Crippen LogP contribution in [-0.4, -0.2) is 36.7 Å². The van der Waals surface area contributed by atoms with Crippen LogP contribution in [0.4, 0.5) is 0 Å². The molecule has 1 atom stereocenters. The van der Waals surface area contributed by atoms with E-state index in [1.807, 2.05) is 13.8 Å². The molecule has 1 amide bonds. The van der Waals surface area contributed by atoms with Crippen molar-refractivity contribution in [3.05, 3.63) is 21.4 Å². The fourth-order valence-electron chi connectivity index (χ4n) is 1.60. The van der Waals surface area contributed by atoms with Gasteiger partial charge < -0.3 is 15.2 Å². The van der Waals surface area contributed by atoms with E-state index >= 15 is 0 Å². The SMILES string of the molecule is COCCCC(NC(=O)c1cc(C)c(C)s1)C(=O)O. The van der Waals surface area contributed by atoms with Gasteiger partial charge in [0.1, 0.15) is 6.04 Å². The minimum Gasteiger partial charge on any atom is -0.480 e. The maximum atomic E-state index is 12.0. The second kappa shape index (κ2) is 7.25. The molecule has 1 heterocycles. The molecule has 0 bridgehead atoms. The van der Waals surface area contributed by atoms with Crippen molar-refractivity contribution in [3.8, 4) is 0 Å². The monoisotopic (exact) mass is 285 g/mol. The lowest BCUT2D eigenvalue weighted by Crippen LogP contribution is -2.40. The number of amides is 1. The Morgan fingerprint density at radius 1 is 1.47 bits per heavy atom. The van der Waals surface area contributed by atoms with Crippen LogP contribution in [0.2, 0.25) is 0 Å². The molecule has 6 heteroatoms. The van der Waals surface area contributed by atoms with Gasteiger partial charge in [-0.1, -0.05) is 0 Å². The highest BCUT2D eigenvalue weighted by molar-refractivity contribution is 7.14. The lowest BCUT2D eigenvalue weighted by molar-refractivity contribution is -0.139. The number of carbonyl (C=O) groups excluding carboxylic acids is 1. The number of methoxy groups -OCH3 is 1. The summed E-state index contributed by atoms with van der Waals surface area (Å²) < 4.78 is 4.88. The zero-order chi connectivity index (χ0) is 14.4. The Bertz CT molecular complexity index is 436. The Labute approximate surface area is 116 Å². The third-order valence-corrected chi connectivity index (χ3v) is 3.99. The summed E-state index contributed by atoms with van der Waals surface area (Å²) in [5.74, 6) is -1.35. The molecule has 0 aliphatic rings. The van der Waals surface area contributed by atoms with Crippen LogP contribution in [0.15, 0.2) is 6.07 Å². The van der Waals surface area contributed by atoms with E-state index in [2.05, 4.69) is 5.32 Å². The maximum Gasteiger partial charge on any atom is 0.326 e. The van der Waals surface area contributed by atoms with Crippen molar-refractivity contribution < 1.29 is 19.4 Å². The minimum absolute atomic E-state index is 0.328. The molecular formula is C13H19NO4S. The van der Waals surface area contributed by atoms with Gasteiger partial charge in [-0.05, 0) is 38.3 Å². The average molecular weight is 285 g/mol. The molecule has 19 heavy (non-hydrogen) atoms. The molecule has 0 saturated carbocycles. The number of hydrogen-bond acceptors (Lipinski definition) is 4. The molecule has 0 fully saturated rings. The highest BCUT2D eigenvalue weighted by Gasteiger charge is 2.21. The quantitative estimate of drug-likeness (QED) is 0.751. The van der Waals surface area contributed by atoms with Crippen LogP contribution in [0.3, 0.4) is 0 Å². The molecular weight excluding hydrogens is 266 g/mol. The normalized spacial score (nSPS) is 12.2. The van der Waals surface area contributed by atoms with Gasteiger partial charge in [0.15, 0.2) is 0 Å². The van der Waals surface area contributed by atoms with E-state index in [-0.39, 0.29) is 5.91 Å². The Balaban J connectivity index is 2.63. The van der Waals surface area contributed by atoms with Gasteiger partial charge in [0.05, 0.1) is 4.88 Å². The van der Waals surface area contributed by atoms with Crippen molar-refractivity contribution in [1.82, 2.24) is 5.32 Å². The topological polar surface area (TPSA) is 75.6 Å². The number of carboxylic acid groups (broad SMARTS) is 1. The molecule has 0 saturated heterocycles. The molecule has 0 aromatic carbocycles. The van der Waals surface area contributed by atoms with E-state index in [4.69, 9.17) is 9.84 Å². The molecule has 1 rings (SSSR count). The molecule has 1 aromatic rings. The Kier molecular flexibility index (Phi) is 5.98. The van der Waals surface area contributed by atoms with Crippen LogP contribution >= 0.6 is 11.3 Å². The van der Waals surface area contributed by atoms with Crippen LogP contribution in [0.5, 0.6) is 0 Å². The van der Waals surface area contributed by atoms with Crippen LogP contribution < -0.4 is 5.32 Å². The van der Waals surface area contributed by atoms with Crippen LogP contribution in [0.1, 0.15) is 33.0 Å². The fourth-order valence-corrected chi connectivity index (χ4v) is 2.54. The van der Waals surface area contributed by atoms with Crippen molar-refractivity contribution in [3.63, 3.8) is 0 Å². The number of aryl methyl sites for hydroxylation is 2. The van der Waals surface area contributed by atoms with Gasteiger partial charge in [-0.2, -0.15) is 0 Å². The predicted octanol–water partition coefficient (Wildman–Crippen LogP) is 1.97. The first-order chi connectivity index (χ1) is 8.95. The van der Waals surface area contributed by atoms with E-state index in [1.54, 1.807) is 13.2 Å². The summed E-state index contributed by atoms with van der Waals surface area (Å²) in [4.78, 5) is 24.7. The number of nitrogens with one attached hydrogen (secondary N) is 1. The van der Waals surface area contributed by atoms with Gasteiger partial charge in [0.2, 0.25) is 0 Å². The second-order valence-electron chi connectivity index (χ2n) is 4.35. The molecule has 0 spiro atoms. The number of hydrogen-bond donors (Lipinski definition) is 2. The van der Waals surface area contributed by atoms with Crippen molar-refractivity contribution in [2.45, 2.75) is 32.7 Å². The Morgan fingerprint density at radius 2 is 2.16 bits per heavy atom.